The van der Waals surface area contributed by atoms with Crippen molar-refractivity contribution in [1.82, 2.24) is 0 Å². The molecule has 3 N–H and O–H groups in total. The molecule has 2 rings (SSSR count). The lowest BCUT2D eigenvalue weighted by atomic mass is 9.94. The quantitative estimate of drug-likeness (QED) is 0.795. The summed E-state index contributed by atoms with van der Waals surface area (Å²) in [5, 5.41) is 9.68. The number of aryl methyl sites for hydroxylation is 2. The van der Waals surface area contributed by atoms with Gasteiger partial charge in [0.25, 0.3) is 0 Å². The third kappa shape index (κ3) is 2.00. The van der Waals surface area contributed by atoms with Gasteiger partial charge in [0.1, 0.15) is 5.75 Å². The van der Waals surface area contributed by atoms with E-state index in [9.17, 15) is 5.11 Å². The minimum Gasteiger partial charge on any atom is -0.507 e. The number of rotatable bonds is 3. The predicted molar refractivity (Wildman–Crippen MR) is 62.0 cm³/mol. The van der Waals surface area contributed by atoms with Crippen LogP contribution in [0.4, 0.5) is 0 Å². The van der Waals surface area contributed by atoms with E-state index in [-0.39, 0.29) is 0 Å². The first-order valence-corrected chi connectivity index (χ1v) is 5.55. The Morgan fingerprint density at radius 1 is 1.27 bits per heavy atom. The van der Waals surface area contributed by atoms with Crippen LogP contribution in [0, 0.1) is 19.3 Å². The van der Waals surface area contributed by atoms with Gasteiger partial charge in [-0.25, -0.2) is 0 Å². The van der Waals surface area contributed by atoms with Gasteiger partial charge in [-0.05, 0) is 61.8 Å². The van der Waals surface area contributed by atoms with Crippen LogP contribution in [-0.2, 0) is 6.42 Å². The number of phenolic OH excluding ortho intramolecular Hbond substituents is 1. The minimum atomic E-state index is 0.371. The fourth-order valence-electron chi connectivity index (χ4n) is 2.21. The van der Waals surface area contributed by atoms with E-state index < -0.39 is 0 Å². The van der Waals surface area contributed by atoms with Gasteiger partial charge in [-0.2, -0.15) is 0 Å². The van der Waals surface area contributed by atoms with Crippen molar-refractivity contribution in [2.75, 3.05) is 6.54 Å². The van der Waals surface area contributed by atoms with Crippen LogP contribution in [0.3, 0.4) is 0 Å². The minimum absolute atomic E-state index is 0.371. The normalized spacial score (nSPS) is 17.8. The topological polar surface area (TPSA) is 46.2 Å². The summed E-state index contributed by atoms with van der Waals surface area (Å²) in [6.07, 6.45) is 3.57. The van der Waals surface area contributed by atoms with E-state index in [1.165, 1.54) is 18.4 Å². The molecule has 2 nitrogen and oxygen atoms in total. The molecule has 82 valence electrons. The standard InChI is InChI=1S/C13H19NO/c1-9-5-11(6-10(2)12(9)15)7-13(8-14)3-4-13/h5-6,15H,3-4,7-8,14H2,1-2H3. The zero-order valence-electron chi connectivity index (χ0n) is 9.51. The van der Waals surface area contributed by atoms with Crippen LogP contribution in [0.1, 0.15) is 29.5 Å². The van der Waals surface area contributed by atoms with Crippen LogP contribution in [0.2, 0.25) is 0 Å². The Hall–Kier alpha value is -1.02. The zero-order valence-corrected chi connectivity index (χ0v) is 9.51. The van der Waals surface area contributed by atoms with Gasteiger partial charge in [-0.15, -0.1) is 0 Å². The summed E-state index contributed by atoms with van der Waals surface area (Å²) >= 11 is 0. The summed E-state index contributed by atoms with van der Waals surface area (Å²) in [5.74, 6) is 0.427. The average Bonchev–Trinajstić information content (AvgIpc) is 2.95. The highest BCUT2D eigenvalue weighted by Gasteiger charge is 2.40. The lowest BCUT2D eigenvalue weighted by Gasteiger charge is -2.14. The molecule has 0 aliphatic heterocycles. The molecule has 0 heterocycles. The molecular formula is C13H19NO. The summed E-state index contributed by atoms with van der Waals surface area (Å²) in [7, 11) is 0. The molecule has 1 aromatic rings. The fraction of sp³-hybridized carbons (Fsp3) is 0.538. The number of hydrogen-bond acceptors (Lipinski definition) is 2. The molecule has 1 aromatic carbocycles. The van der Waals surface area contributed by atoms with Crippen molar-refractivity contribution in [2.24, 2.45) is 11.1 Å². The Labute approximate surface area is 91.1 Å². The number of phenols is 1. The van der Waals surface area contributed by atoms with Crippen molar-refractivity contribution in [3.05, 3.63) is 28.8 Å². The van der Waals surface area contributed by atoms with Crippen LogP contribution < -0.4 is 5.73 Å². The zero-order chi connectivity index (χ0) is 11.1. The Balaban J connectivity index is 2.23. The van der Waals surface area contributed by atoms with Crippen molar-refractivity contribution in [2.45, 2.75) is 33.1 Å². The fourth-order valence-corrected chi connectivity index (χ4v) is 2.21. The molecular weight excluding hydrogens is 186 g/mol. The van der Waals surface area contributed by atoms with Crippen molar-refractivity contribution >= 4 is 0 Å². The molecule has 0 spiro atoms. The third-order valence-electron chi connectivity index (χ3n) is 3.52. The molecule has 0 saturated heterocycles. The van der Waals surface area contributed by atoms with E-state index in [4.69, 9.17) is 5.73 Å². The Kier molecular flexibility index (Phi) is 2.47. The molecule has 0 aromatic heterocycles. The van der Waals surface area contributed by atoms with Crippen molar-refractivity contribution in [3.63, 3.8) is 0 Å². The Morgan fingerprint density at radius 2 is 1.80 bits per heavy atom. The maximum Gasteiger partial charge on any atom is 0.121 e. The highest BCUT2D eigenvalue weighted by atomic mass is 16.3. The first-order valence-electron chi connectivity index (χ1n) is 5.55. The summed E-state index contributed by atoms with van der Waals surface area (Å²) in [6, 6.07) is 4.16. The molecule has 1 fully saturated rings. The van der Waals surface area contributed by atoms with Crippen LogP contribution in [0.25, 0.3) is 0 Å². The molecule has 1 saturated carbocycles. The first kappa shape index (κ1) is 10.5. The van der Waals surface area contributed by atoms with Gasteiger partial charge in [-0.3, -0.25) is 0 Å². The molecule has 1 aliphatic rings. The number of nitrogens with two attached hydrogens (primary N) is 1. The molecule has 0 amide bonds. The van der Waals surface area contributed by atoms with Gasteiger partial charge in [0, 0.05) is 0 Å². The second-order valence-electron chi connectivity index (χ2n) is 4.96. The van der Waals surface area contributed by atoms with Gasteiger partial charge in [-0.1, -0.05) is 12.1 Å². The predicted octanol–water partition coefficient (Wildman–Crippen LogP) is 2.29. The second-order valence-corrected chi connectivity index (χ2v) is 4.96. The van der Waals surface area contributed by atoms with Crippen LogP contribution >= 0.6 is 0 Å². The van der Waals surface area contributed by atoms with Gasteiger partial charge in [0.05, 0.1) is 0 Å². The summed E-state index contributed by atoms with van der Waals surface area (Å²) < 4.78 is 0. The maximum atomic E-state index is 9.68. The van der Waals surface area contributed by atoms with Crippen LogP contribution in [0.5, 0.6) is 5.75 Å². The van der Waals surface area contributed by atoms with E-state index in [1.54, 1.807) is 0 Å². The Bertz CT molecular complexity index is 357. The van der Waals surface area contributed by atoms with Crippen molar-refractivity contribution in [1.29, 1.82) is 0 Å². The van der Waals surface area contributed by atoms with E-state index in [1.807, 2.05) is 13.8 Å². The monoisotopic (exact) mass is 205 g/mol. The molecule has 0 unspecified atom stereocenters. The molecule has 0 bridgehead atoms. The summed E-state index contributed by atoms with van der Waals surface area (Å²) in [6.45, 7) is 4.69. The van der Waals surface area contributed by atoms with E-state index in [0.29, 0.717) is 11.2 Å². The SMILES string of the molecule is Cc1cc(CC2(CN)CC2)cc(C)c1O. The Morgan fingerprint density at radius 3 is 2.20 bits per heavy atom. The summed E-state index contributed by atoms with van der Waals surface area (Å²) in [4.78, 5) is 0. The smallest absolute Gasteiger partial charge is 0.121 e. The van der Waals surface area contributed by atoms with Crippen LogP contribution in [-0.4, -0.2) is 11.7 Å². The van der Waals surface area contributed by atoms with Gasteiger partial charge < -0.3 is 10.8 Å². The van der Waals surface area contributed by atoms with E-state index >= 15 is 0 Å². The van der Waals surface area contributed by atoms with Gasteiger partial charge in [0.15, 0.2) is 0 Å². The highest BCUT2D eigenvalue weighted by Crippen LogP contribution is 2.47. The average molecular weight is 205 g/mol. The van der Waals surface area contributed by atoms with Crippen molar-refractivity contribution < 1.29 is 5.11 Å². The van der Waals surface area contributed by atoms with Crippen LogP contribution in [0.15, 0.2) is 12.1 Å². The second kappa shape index (κ2) is 3.53. The van der Waals surface area contributed by atoms with Gasteiger partial charge in [0.2, 0.25) is 0 Å². The number of aromatic hydroxyl groups is 1. The van der Waals surface area contributed by atoms with Crippen molar-refractivity contribution in [3.8, 4) is 5.75 Å². The largest absolute Gasteiger partial charge is 0.507 e. The lowest BCUT2D eigenvalue weighted by Crippen LogP contribution is -2.18. The molecule has 0 atom stereocenters. The number of benzene rings is 1. The maximum absolute atomic E-state index is 9.68. The summed E-state index contributed by atoms with van der Waals surface area (Å²) in [5.41, 5.74) is 9.40. The lowest BCUT2D eigenvalue weighted by molar-refractivity contribution is 0.465. The molecule has 0 radical (unpaired) electrons. The van der Waals surface area contributed by atoms with Gasteiger partial charge >= 0.3 is 0 Å². The number of hydrogen-bond donors (Lipinski definition) is 2. The molecule has 15 heavy (non-hydrogen) atoms. The van der Waals surface area contributed by atoms with E-state index in [2.05, 4.69) is 12.1 Å². The molecule has 1 aliphatic carbocycles. The molecule has 2 heteroatoms. The highest BCUT2D eigenvalue weighted by molar-refractivity contribution is 5.42. The van der Waals surface area contributed by atoms with E-state index in [0.717, 1.165) is 24.1 Å². The first-order chi connectivity index (χ1) is 7.06. The third-order valence-corrected chi connectivity index (χ3v) is 3.52.